The van der Waals surface area contributed by atoms with Gasteiger partial charge in [-0.3, -0.25) is 4.79 Å². The topological polar surface area (TPSA) is 43.1 Å². The summed E-state index contributed by atoms with van der Waals surface area (Å²) in [5.41, 5.74) is 6.95. The summed E-state index contributed by atoms with van der Waals surface area (Å²) in [6.07, 6.45) is 0. The van der Waals surface area contributed by atoms with Crippen molar-refractivity contribution >= 4 is 34.7 Å². The Balaban J connectivity index is 2.45. The quantitative estimate of drug-likeness (QED) is 0.657. The summed E-state index contributed by atoms with van der Waals surface area (Å²) in [4.78, 5) is 12.8. The molecule has 0 aliphatic rings. The lowest BCUT2D eigenvalue weighted by Crippen LogP contribution is -2.29. The summed E-state index contributed by atoms with van der Waals surface area (Å²) in [5.74, 6) is -0.0743. The van der Waals surface area contributed by atoms with E-state index in [9.17, 15) is 4.79 Å². The van der Waals surface area contributed by atoms with Crippen LogP contribution in [0.2, 0.25) is 10.0 Å². The first-order chi connectivity index (χ1) is 9.32. The zero-order valence-corrected chi connectivity index (χ0v) is 12.8. The van der Waals surface area contributed by atoms with Crippen molar-refractivity contribution in [3.8, 4) is 0 Å². The summed E-state index contributed by atoms with van der Waals surface area (Å²) in [6.45, 7) is 3.72. The first kappa shape index (κ1) is 14.9. The number of carbonyl (C=O) groups is 1. The molecule has 0 spiro atoms. The molecule has 2 aromatic rings. The second kappa shape index (κ2) is 5.47. The molecule has 0 fully saturated rings. The minimum Gasteiger partial charge on any atom is -0.399 e. The Labute approximate surface area is 128 Å². The van der Waals surface area contributed by atoms with Gasteiger partial charge in [-0.1, -0.05) is 35.3 Å². The van der Waals surface area contributed by atoms with E-state index in [-0.39, 0.29) is 5.78 Å². The molecule has 0 radical (unpaired) electrons. The molecule has 20 heavy (non-hydrogen) atoms. The van der Waals surface area contributed by atoms with Crippen molar-refractivity contribution < 1.29 is 4.79 Å². The fraction of sp³-hybridized carbons (Fsp3) is 0.188. The van der Waals surface area contributed by atoms with Crippen molar-refractivity contribution in [2.24, 2.45) is 0 Å². The van der Waals surface area contributed by atoms with Crippen LogP contribution in [-0.2, 0) is 5.41 Å². The fourth-order valence-corrected chi connectivity index (χ4v) is 2.41. The van der Waals surface area contributed by atoms with Gasteiger partial charge in [0.05, 0.1) is 10.4 Å². The Morgan fingerprint density at radius 3 is 2.25 bits per heavy atom. The van der Waals surface area contributed by atoms with Gasteiger partial charge in [-0.05, 0) is 49.7 Å². The molecule has 0 unspecified atom stereocenters. The maximum Gasteiger partial charge on any atom is 0.174 e. The standard InChI is InChI=1S/C16H15Cl2NO/c1-16(2,10-3-6-12(19)7-4-10)15(20)13-9-11(17)5-8-14(13)18/h3-9H,19H2,1-2H3. The molecule has 0 saturated carbocycles. The van der Waals surface area contributed by atoms with Crippen molar-refractivity contribution in [3.63, 3.8) is 0 Å². The van der Waals surface area contributed by atoms with E-state index in [0.717, 1.165) is 5.56 Å². The third kappa shape index (κ3) is 2.82. The lowest BCUT2D eigenvalue weighted by Gasteiger charge is -2.24. The van der Waals surface area contributed by atoms with Crippen LogP contribution in [0.5, 0.6) is 0 Å². The van der Waals surface area contributed by atoms with E-state index in [1.54, 1.807) is 30.3 Å². The molecule has 2 nitrogen and oxygen atoms in total. The number of nitrogens with two attached hydrogens (primary N) is 1. The van der Waals surface area contributed by atoms with Crippen LogP contribution in [0.1, 0.15) is 29.8 Å². The van der Waals surface area contributed by atoms with Gasteiger partial charge in [-0.2, -0.15) is 0 Å². The largest absolute Gasteiger partial charge is 0.399 e. The molecule has 2 rings (SSSR count). The van der Waals surface area contributed by atoms with Crippen LogP contribution in [-0.4, -0.2) is 5.78 Å². The van der Waals surface area contributed by atoms with Gasteiger partial charge < -0.3 is 5.73 Å². The minimum absolute atomic E-state index is 0.0743. The number of halogens is 2. The molecule has 0 aromatic heterocycles. The van der Waals surface area contributed by atoms with Gasteiger partial charge in [0.15, 0.2) is 5.78 Å². The van der Waals surface area contributed by atoms with Crippen LogP contribution in [0.25, 0.3) is 0 Å². The molecule has 4 heteroatoms. The predicted molar refractivity (Wildman–Crippen MR) is 84.7 cm³/mol. The molecule has 0 heterocycles. The molecule has 0 atom stereocenters. The lowest BCUT2D eigenvalue weighted by atomic mass is 9.78. The summed E-state index contributed by atoms with van der Waals surface area (Å²) >= 11 is 12.1. The highest BCUT2D eigenvalue weighted by molar-refractivity contribution is 6.36. The number of nitrogen functional groups attached to an aromatic ring is 1. The van der Waals surface area contributed by atoms with Gasteiger partial charge in [0.2, 0.25) is 0 Å². The lowest BCUT2D eigenvalue weighted by molar-refractivity contribution is 0.0909. The van der Waals surface area contributed by atoms with Crippen molar-refractivity contribution in [2.45, 2.75) is 19.3 Å². The van der Waals surface area contributed by atoms with Crippen LogP contribution in [0, 0.1) is 0 Å². The highest BCUT2D eigenvalue weighted by Crippen LogP contribution is 2.32. The number of Topliss-reactive ketones (excluding diaryl/α,β-unsaturated/α-hetero) is 1. The smallest absolute Gasteiger partial charge is 0.174 e. The Morgan fingerprint density at radius 1 is 1.05 bits per heavy atom. The van der Waals surface area contributed by atoms with Crippen LogP contribution in [0.3, 0.4) is 0 Å². The number of rotatable bonds is 3. The molecule has 2 aromatic carbocycles. The average molecular weight is 308 g/mol. The predicted octanol–water partition coefficient (Wildman–Crippen LogP) is 4.74. The van der Waals surface area contributed by atoms with Gasteiger partial charge in [0.25, 0.3) is 0 Å². The third-order valence-electron chi connectivity index (χ3n) is 3.37. The Bertz CT molecular complexity index is 648. The Kier molecular flexibility index (Phi) is 4.07. The molecule has 0 aliphatic carbocycles. The molecule has 0 bridgehead atoms. The van der Waals surface area contributed by atoms with Crippen molar-refractivity contribution in [3.05, 3.63) is 63.6 Å². The van der Waals surface area contributed by atoms with Gasteiger partial charge >= 0.3 is 0 Å². The first-order valence-corrected chi connectivity index (χ1v) is 6.94. The second-order valence-corrected chi connectivity index (χ2v) is 6.04. The normalized spacial score (nSPS) is 11.4. The average Bonchev–Trinajstić information content (AvgIpc) is 2.41. The summed E-state index contributed by atoms with van der Waals surface area (Å²) in [7, 11) is 0. The van der Waals surface area contributed by atoms with Gasteiger partial charge in [-0.25, -0.2) is 0 Å². The number of hydrogen-bond acceptors (Lipinski definition) is 2. The molecule has 0 aliphatic heterocycles. The fourth-order valence-electron chi connectivity index (χ4n) is 2.04. The molecular formula is C16H15Cl2NO. The van der Waals surface area contributed by atoms with Crippen LogP contribution < -0.4 is 5.73 Å². The van der Waals surface area contributed by atoms with E-state index >= 15 is 0 Å². The summed E-state index contributed by atoms with van der Waals surface area (Å²) in [6, 6.07) is 12.2. The van der Waals surface area contributed by atoms with Gasteiger partial charge in [-0.15, -0.1) is 0 Å². The monoisotopic (exact) mass is 307 g/mol. The van der Waals surface area contributed by atoms with E-state index in [0.29, 0.717) is 21.3 Å². The number of ketones is 1. The molecular weight excluding hydrogens is 293 g/mol. The highest BCUT2D eigenvalue weighted by atomic mass is 35.5. The van der Waals surface area contributed by atoms with Gasteiger partial charge in [0, 0.05) is 16.3 Å². The maximum absolute atomic E-state index is 12.8. The first-order valence-electron chi connectivity index (χ1n) is 6.18. The van der Waals surface area contributed by atoms with E-state index in [1.807, 2.05) is 26.0 Å². The summed E-state index contributed by atoms with van der Waals surface area (Å²) < 4.78 is 0. The van der Waals surface area contributed by atoms with E-state index < -0.39 is 5.41 Å². The van der Waals surface area contributed by atoms with Crippen molar-refractivity contribution in [1.29, 1.82) is 0 Å². The SMILES string of the molecule is CC(C)(C(=O)c1cc(Cl)ccc1Cl)c1ccc(N)cc1. The minimum atomic E-state index is -0.706. The van der Waals surface area contributed by atoms with E-state index in [1.165, 1.54) is 0 Å². The van der Waals surface area contributed by atoms with Crippen molar-refractivity contribution in [1.82, 2.24) is 0 Å². The molecule has 0 saturated heterocycles. The van der Waals surface area contributed by atoms with E-state index in [2.05, 4.69) is 0 Å². The number of benzene rings is 2. The van der Waals surface area contributed by atoms with E-state index in [4.69, 9.17) is 28.9 Å². The zero-order valence-electron chi connectivity index (χ0n) is 11.3. The van der Waals surface area contributed by atoms with Crippen LogP contribution >= 0.6 is 23.2 Å². The third-order valence-corrected chi connectivity index (χ3v) is 3.94. The number of hydrogen-bond donors (Lipinski definition) is 1. The van der Waals surface area contributed by atoms with Crippen LogP contribution in [0.4, 0.5) is 5.69 Å². The molecule has 0 amide bonds. The van der Waals surface area contributed by atoms with Crippen molar-refractivity contribution in [2.75, 3.05) is 5.73 Å². The number of anilines is 1. The maximum atomic E-state index is 12.8. The number of carbonyl (C=O) groups excluding carboxylic acids is 1. The highest BCUT2D eigenvalue weighted by Gasteiger charge is 2.31. The summed E-state index contributed by atoms with van der Waals surface area (Å²) in [5, 5.41) is 0.897. The zero-order chi connectivity index (χ0) is 14.9. The van der Waals surface area contributed by atoms with Gasteiger partial charge in [0.1, 0.15) is 0 Å². The van der Waals surface area contributed by atoms with Crippen LogP contribution in [0.15, 0.2) is 42.5 Å². The molecule has 2 N–H and O–H groups in total. The molecule has 104 valence electrons. The second-order valence-electron chi connectivity index (χ2n) is 5.20. The Morgan fingerprint density at radius 2 is 1.65 bits per heavy atom. The Hall–Kier alpha value is -1.51.